The number of aryl methyl sites for hydroxylation is 1. The van der Waals surface area contributed by atoms with Crippen molar-refractivity contribution in [2.24, 2.45) is 0 Å². The second-order valence-electron chi connectivity index (χ2n) is 6.35. The third-order valence-corrected chi connectivity index (χ3v) is 4.75. The van der Waals surface area contributed by atoms with Crippen LogP contribution in [0.1, 0.15) is 21.8 Å². The van der Waals surface area contributed by atoms with Gasteiger partial charge in [-0.1, -0.05) is 23.7 Å². The quantitative estimate of drug-likeness (QED) is 0.537. The van der Waals surface area contributed by atoms with Crippen LogP contribution in [0.25, 0.3) is 11.0 Å². The molecule has 1 amide bonds. The highest BCUT2D eigenvalue weighted by molar-refractivity contribution is 6.33. The van der Waals surface area contributed by atoms with Gasteiger partial charge >= 0.3 is 5.69 Å². The van der Waals surface area contributed by atoms with Crippen LogP contribution < -0.4 is 16.6 Å². The molecule has 0 atom stereocenters. The highest BCUT2D eigenvalue weighted by atomic mass is 35.5. The van der Waals surface area contributed by atoms with Gasteiger partial charge in [-0.3, -0.25) is 19.1 Å². The van der Waals surface area contributed by atoms with Crippen molar-refractivity contribution in [3.8, 4) is 0 Å². The first kappa shape index (κ1) is 18.7. The van der Waals surface area contributed by atoms with E-state index in [1.165, 1.54) is 16.9 Å². The molecule has 0 aliphatic rings. The average molecular weight is 411 g/mol. The summed E-state index contributed by atoms with van der Waals surface area (Å²) in [5.74, 6) is 0.0635. The lowest BCUT2D eigenvalue weighted by Crippen LogP contribution is -2.31. The fourth-order valence-electron chi connectivity index (χ4n) is 2.98. The molecule has 9 heteroatoms. The number of nitrogens with zero attached hydrogens (tertiary/aromatic N) is 2. The summed E-state index contributed by atoms with van der Waals surface area (Å²) in [7, 11) is 0. The number of rotatable bonds is 4. The third-order valence-electron chi connectivity index (χ3n) is 4.42. The van der Waals surface area contributed by atoms with E-state index in [-0.39, 0.29) is 23.1 Å². The Bertz CT molecular complexity index is 1340. The molecule has 0 saturated carbocycles. The van der Waals surface area contributed by atoms with E-state index < -0.39 is 17.2 Å². The minimum atomic E-state index is -0.625. The van der Waals surface area contributed by atoms with Gasteiger partial charge in [-0.25, -0.2) is 9.78 Å². The minimum Gasteiger partial charge on any atom is -0.467 e. The van der Waals surface area contributed by atoms with E-state index in [4.69, 9.17) is 16.0 Å². The number of carbonyl (C=O) groups excluding carboxylic acids is 1. The van der Waals surface area contributed by atoms with E-state index in [0.29, 0.717) is 22.2 Å². The van der Waals surface area contributed by atoms with E-state index in [2.05, 4.69) is 15.3 Å². The van der Waals surface area contributed by atoms with Gasteiger partial charge in [0.1, 0.15) is 11.4 Å². The summed E-state index contributed by atoms with van der Waals surface area (Å²) in [6.45, 7) is 1.72. The fourth-order valence-corrected chi connectivity index (χ4v) is 3.16. The van der Waals surface area contributed by atoms with E-state index in [9.17, 15) is 14.4 Å². The highest BCUT2D eigenvalue weighted by Crippen LogP contribution is 2.22. The highest BCUT2D eigenvalue weighted by Gasteiger charge is 2.17. The standard InChI is InChI=1S/C20H15ClN4O4/c1-11-13(18(26)23-16-7-3-2-6-15(16)21)9-14-17(22-11)25(20(28)24-19(14)27)10-12-5-4-8-29-12/h2-9H,10H2,1H3,(H,23,26)(H,24,27,28). The zero-order valence-corrected chi connectivity index (χ0v) is 16.0. The Morgan fingerprint density at radius 1 is 1.24 bits per heavy atom. The van der Waals surface area contributed by atoms with Crippen molar-refractivity contribution in [3.05, 3.63) is 91.6 Å². The van der Waals surface area contributed by atoms with E-state index in [1.54, 1.807) is 43.3 Å². The lowest BCUT2D eigenvalue weighted by atomic mass is 10.1. The number of pyridine rings is 1. The first-order valence-corrected chi connectivity index (χ1v) is 9.04. The number of H-pyrrole nitrogens is 1. The van der Waals surface area contributed by atoms with Gasteiger partial charge in [-0.05, 0) is 37.3 Å². The van der Waals surface area contributed by atoms with Crippen molar-refractivity contribution < 1.29 is 9.21 Å². The second kappa shape index (κ2) is 7.40. The summed E-state index contributed by atoms with van der Waals surface area (Å²) in [5, 5.41) is 3.21. The van der Waals surface area contributed by atoms with Gasteiger partial charge < -0.3 is 9.73 Å². The Kier molecular flexibility index (Phi) is 4.77. The first-order chi connectivity index (χ1) is 13.9. The molecule has 0 unspecified atom stereocenters. The van der Waals surface area contributed by atoms with Gasteiger partial charge in [0.25, 0.3) is 11.5 Å². The van der Waals surface area contributed by atoms with Crippen molar-refractivity contribution in [1.29, 1.82) is 0 Å². The zero-order valence-electron chi connectivity index (χ0n) is 15.2. The molecular weight excluding hydrogens is 396 g/mol. The van der Waals surface area contributed by atoms with Gasteiger partial charge in [0.05, 0.1) is 40.2 Å². The molecule has 4 rings (SSSR count). The van der Waals surface area contributed by atoms with Crippen molar-refractivity contribution in [3.63, 3.8) is 0 Å². The molecule has 0 spiro atoms. The number of fused-ring (bicyclic) bond motifs is 1. The van der Waals surface area contributed by atoms with E-state index in [0.717, 1.165) is 0 Å². The van der Waals surface area contributed by atoms with Crippen molar-refractivity contribution in [2.75, 3.05) is 5.32 Å². The lowest BCUT2D eigenvalue weighted by molar-refractivity contribution is 0.102. The molecule has 1 aromatic carbocycles. The van der Waals surface area contributed by atoms with Crippen LogP contribution in [0, 0.1) is 6.92 Å². The number of benzene rings is 1. The number of carbonyl (C=O) groups is 1. The predicted octanol–water partition coefficient (Wildman–Crippen LogP) is 2.94. The van der Waals surface area contributed by atoms with E-state index in [1.807, 2.05) is 0 Å². The first-order valence-electron chi connectivity index (χ1n) is 8.67. The monoisotopic (exact) mass is 410 g/mol. The van der Waals surface area contributed by atoms with Crippen LogP contribution in [0.4, 0.5) is 5.69 Å². The topological polar surface area (TPSA) is 110 Å². The summed E-state index contributed by atoms with van der Waals surface area (Å²) in [6, 6.07) is 11.6. The number of hydrogen-bond donors (Lipinski definition) is 2. The molecular formula is C20H15ClN4O4. The molecule has 3 heterocycles. The van der Waals surface area contributed by atoms with Crippen LogP contribution in [0.3, 0.4) is 0 Å². The Morgan fingerprint density at radius 3 is 2.76 bits per heavy atom. The van der Waals surface area contributed by atoms with Crippen molar-refractivity contribution in [2.45, 2.75) is 13.5 Å². The number of nitrogens with one attached hydrogen (secondary N) is 2. The Hall–Kier alpha value is -3.65. The molecule has 0 saturated heterocycles. The Labute approximate surface area is 168 Å². The van der Waals surface area contributed by atoms with Crippen LogP contribution in [-0.4, -0.2) is 20.4 Å². The molecule has 146 valence electrons. The van der Waals surface area contributed by atoms with Crippen LogP contribution in [0.5, 0.6) is 0 Å². The predicted molar refractivity (Wildman–Crippen MR) is 109 cm³/mol. The minimum absolute atomic E-state index is 0.0940. The Morgan fingerprint density at radius 2 is 2.03 bits per heavy atom. The number of aromatic amines is 1. The molecule has 0 aliphatic carbocycles. The smallest absolute Gasteiger partial charge is 0.330 e. The number of aromatic nitrogens is 3. The summed E-state index contributed by atoms with van der Waals surface area (Å²) in [5.41, 5.74) is -0.0669. The van der Waals surface area contributed by atoms with Crippen LogP contribution in [0.2, 0.25) is 5.02 Å². The normalized spacial score (nSPS) is 11.0. The number of halogens is 1. The second-order valence-corrected chi connectivity index (χ2v) is 6.76. The largest absolute Gasteiger partial charge is 0.467 e. The van der Waals surface area contributed by atoms with Crippen LogP contribution in [0.15, 0.2) is 62.7 Å². The number of amides is 1. The van der Waals surface area contributed by atoms with Crippen molar-refractivity contribution >= 4 is 34.2 Å². The molecule has 8 nitrogen and oxygen atoms in total. The maximum atomic E-state index is 12.7. The average Bonchev–Trinajstić information content (AvgIpc) is 3.19. The lowest BCUT2D eigenvalue weighted by Gasteiger charge is -2.12. The maximum absolute atomic E-state index is 12.7. The van der Waals surface area contributed by atoms with Gasteiger partial charge in [0.15, 0.2) is 0 Å². The van der Waals surface area contributed by atoms with Crippen LogP contribution in [-0.2, 0) is 6.54 Å². The summed E-state index contributed by atoms with van der Waals surface area (Å²) < 4.78 is 6.58. The van der Waals surface area contributed by atoms with Gasteiger partial charge in [-0.15, -0.1) is 0 Å². The zero-order chi connectivity index (χ0) is 20.5. The molecule has 0 radical (unpaired) electrons. The maximum Gasteiger partial charge on any atom is 0.330 e. The molecule has 3 aromatic heterocycles. The Balaban J connectivity index is 1.81. The summed E-state index contributed by atoms with van der Waals surface area (Å²) in [4.78, 5) is 44.1. The number of para-hydroxylation sites is 1. The molecule has 4 aromatic rings. The summed E-state index contributed by atoms with van der Waals surface area (Å²) >= 11 is 6.09. The number of furan rings is 1. The number of anilines is 1. The van der Waals surface area contributed by atoms with Crippen LogP contribution >= 0.6 is 11.6 Å². The molecule has 0 bridgehead atoms. The number of hydrogen-bond acceptors (Lipinski definition) is 5. The van der Waals surface area contributed by atoms with Crippen molar-refractivity contribution in [1.82, 2.24) is 14.5 Å². The summed E-state index contributed by atoms with van der Waals surface area (Å²) in [6.07, 6.45) is 1.49. The molecule has 0 aliphatic heterocycles. The van der Waals surface area contributed by atoms with E-state index >= 15 is 0 Å². The third kappa shape index (κ3) is 3.57. The molecule has 2 N–H and O–H groups in total. The molecule has 0 fully saturated rings. The molecule has 29 heavy (non-hydrogen) atoms. The fraction of sp³-hybridized carbons (Fsp3) is 0.100. The van der Waals surface area contributed by atoms with Gasteiger partial charge in [0, 0.05) is 0 Å². The SMILES string of the molecule is Cc1nc2c(cc1C(=O)Nc1ccccc1Cl)c(=O)[nH]c(=O)n2Cc1ccco1. The van der Waals surface area contributed by atoms with Gasteiger partial charge in [-0.2, -0.15) is 0 Å². The van der Waals surface area contributed by atoms with Gasteiger partial charge in [0.2, 0.25) is 0 Å².